The van der Waals surface area contributed by atoms with Gasteiger partial charge in [-0.15, -0.1) is 0 Å². The molecule has 0 spiro atoms. The lowest BCUT2D eigenvalue weighted by Gasteiger charge is -2.19. The number of rotatable bonds is 2. The Bertz CT molecular complexity index is 356. The summed E-state index contributed by atoms with van der Waals surface area (Å²) >= 11 is 1.70. The molecule has 0 aliphatic heterocycles. The number of benzene rings is 1. The molecule has 2 rings (SSSR count). The molecule has 1 aliphatic rings. The predicted octanol–water partition coefficient (Wildman–Crippen LogP) is 4.15. The van der Waals surface area contributed by atoms with Crippen molar-refractivity contribution in [1.29, 1.82) is 0 Å². The van der Waals surface area contributed by atoms with Crippen LogP contribution in [0.3, 0.4) is 0 Å². The van der Waals surface area contributed by atoms with E-state index in [0.29, 0.717) is 6.04 Å². The second-order valence-corrected chi connectivity index (χ2v) is 5.22. The van der Waals surface area contributed by atoms with Gasteiger partial charge in [-0.05, 0) is 31.2 Å². The summed E-state index contributed by atoms with van der Waals surface area (Å²) in [4.78, 5) is 4.82. The highest BCUT2D eigenvalue weighted by molar-refractivity contribution is 8.13. The molecule has 1 fully saturated rings. The third-order valence-corrected chi connectivity index (χ3v) is 3.69. The molecule has 0 atom stereocenters. The molecule has 2 nitrogen and oxygen atoms in total. The molecule has 0 aromatic heterocycles. The number of nitrogens with one attached hydrogen (secondary N) is 1. The summed E-state index contributed by atoms with van der Waals surface area (Å²) in [6.07, 6.45) is 8.63. The summed E-state index contributed by atoms with van der Waals surface area (Å²) in [5, 5.41) is 4.43. The van der Waals surface area contributed by atoms with Crippen LogP contribution in [-0.2, 0) is 0 Å². The van der Waals surface area contributed by atoms with Crippen LogP contribution in [0, 0.1) is 0 Å². The molecule has 3 heteroatoms. The van der Waals surface area contributed by atoms with Crippen molar-refractivity contribution in [3.05, 3.63) is 30.3 Å². The monoisotopic (exact) mass is 248 g/mol. The summed E-state index contributed by atoms with van der Waals surface area (Å²) in [6.45, 7) is 0. The van der Waals surface area contributed by atoms with Crippen LogP contribution in [0.2, 0.25) is 0 Å². The van der Waals surface area contributed by atoms with Crippen molar-refractivity contribution in [1.82, 2.24) is 0 Å². The predicted molar refractivity (Wildman–Crippen MR) is 77.9 cm³/mol. The minimum Gasteiger partial charge on any atom is -0.335 e. The highest BCUT2D eigenvalue weighted by Crippen LogP contribution is 2.21. The Hall–Kier alpha value is -0.960. The van der Waals surface area contributed by atoms with E-state index >= 15 is 0 Å². The van der Waals surface area contributed by atoms with Crippen molar-refractivity contribution in [2.75, 3.05) is 11.6 Å². The zero-order chi connectivity index (χ0) is 11.9. The van der Waals surface area contributed by atoms with Gasteiger partial charge in [0.25, 0.3) is 0 Å². The molecule has 92 valence electrons. The molecule has 1 N–H and O–H groups in total. The first-order valence-corrected chi connectivity index (χ1v) is 7.55. The maximum absolute atomic E-state index is 4.82. The molecule has 0 saturated heterocycles. The molecule has 0 radical (unpaired) electrons. The minimum atomic E-state index is 0.530. The fraction of sp³-hybridized carbons (Fsp3) is 0.500. The molecule has 1 aromatic rings. The molecule has 1 aliphatic carbocycles. The first-order chi connectivity index (χ1) is 8.38. The van der Waals surface area contributed by atoms with Crippen LogP contribution in [0.5, 0.6) is 0 Å². The van der Waals surface area contributed by atoms with Gasteiger partial charge in [0.05, 0.1) is 6.04 Å². The standard InChI is InChI=1S/C14H20N2S/c1-17-14(15-12-8-4-2-5-9-12)16-13-10-6-3-7-11-13/h2,4-5,8-9,13H,3,6-7,10-11H2,1H3,(H,15,16). The van der Waals surface area contributed by atoms with Crippen LogP contribution in [0.4, 0.5) is 5.69 Å². The third kappa shape index (κ3) is 4.08. The number of hydrogen-bond acceptors (Lipinski definition) is 2. The van der Waals surface area contributed by atoms with Gasteiger partial charge >= 0.3 is 0 Å². The lowest BCUT2D eigenvalue weighted by Crippen LogP contribution is -2.15. The Morgan fingerprint density at radius 2 is 1.88 bits per heavy atom. The third-order valence-electron chi connectivity index (χ3n) is 3.09. The number of para-hydroxylation sites is 1. The van der Waals surface area contributed by atoms with Gasteiger partial charge in [0.15, 0.2) is 5.17 Å². The smallest absolute Gasteiger partial charge is 0.161 e. The number of aliphatic imine (C=N–C) groups is 1. The summed E-state index contributed by atoms with van der Waals surface area (Å²) < 4.78 is 0. The summed E-state index contributed by atoms with van der Waals surface area (Å²) in [7, 11) is 0. The Morgan fingerprint density at radius 3 is 2.53 bits per heavy atom. The molecular weight excluding hydrogens is 228 g/mol. The number of amidine groups is 1. The lowest BCUT2D eigenvalue weighted by molar-refractivity contribution is 0.444. The van der Waals surface area contributed by atoms with E-state index in [0.717, 1.165) is 10.9 Å². The second kappa shape index (κ2) is 6.70. The first kappa shape index (κ1) is 12.5. The molecule has 1 aromatic carbocycles. The molecule has 0 bridgehead atoms. The largest absolute Gasteiger partial charge is 0.335 e. The van der Waals surface area contributed by atoms with Crippen molar-refractivity contribution in [3.8, 4) is 0 Å². The second-order valence-electron chi connectivity index (χ2n) is 4.42. The van der Waals surface area contributed by atoms with Gasteiger partial charge < -0.3 is 5.32 Å². The number of hydrogen-bond donors (Lipinski definition) is 1. The average molecular weight is 248 g/mol. The van der Waals surface area contributed by atoms with E-state index in [9.17, 15) is 0 Å². The minimum absolute atomic E-state index is 0.530. The van der Waals surface area contributed by atoms with Crippen LogP contribution >= 0.6 is 11.8 Å². The van der Waals surface area contributed by atoms with Gasteiger partial charge in [0.1, 0.15) is 0 Å². The topological polar surface area (TPSA) is 24.4 Å². The van der Waals surface area contributed by atoms with Crippen molar-refractivity contribution in [3.63, 3.8) is 0 Å². The van der Waals surface area contributed by atoms with Crippen molar-refractivity contribution in [2.24, 2.45) is 4.99 Å². The van der Waals surface area contributed by atoms with E-state index in [4.69, 9.17) is 4.99 Å². The van der Waals surface area contributed by atoms with Gasteiger partial charge in [0.2, 0.25) is 0 Å². The van der Waals surface area contributed by atoms with E-state index < -0.39 is 0 Å². The molecule has 0 amide bonds. The Balaban J connectivity index is 1.98. The average Bonchev–Trinajstić information content (AvgIpc) is 2.40. The van der Waals surface area contributed by atoms with Gasteiger partial charge in [0, 0.05) is 5.69 Å². The number of thioether (sulfide) groups is 1. The number of nitrogens with zero attached hydrogens (tertiary/aromatic N) is 1. The summed E-state index contributed by atoms with van der Waals surface area (Å²) in [5.41, 5.74) is 1.12. The summed E-state index contributed by atoms with van der Waals surface area (Å²) in [5.74, 6) is 0. The van der Waals surface area contributed by atoms with Crippen LogP contribution in [0.15, 0.2) is 35.3 Å². The molecule has 0 unspecified atom stereocenters. The van der Waals surface area contributed by atoms with Crippen LogP contribution < -0.4 is 5.32 Å². The maximum atomic E-state index is 4.82. The highest BCUT2D eigenvalue weighted by atomic mass is 32.2. The highest BCUT2D eigenvalue weighted by Gasteiger charge is 2.12. The van der Waals surface area contributed by atoms with E-state index in [1.54, 1.807) is 11.8 Å². The van der Waals surface area contributed by atoms with Gasteiger partial charge in [-0.3, -0.25) is 4.99 Å². The first-order valence-electron chi connectivity index (χ1n) is 6.32. The van der Waals surface area contributed by atoms with E-state index in [1.807, 2.05) is 18.2 Å². The quantitative estimate of drug-likeness (QED) is 0.628. The van der Waals surface area contributed by atoms with Crippen molar-refractivity contribution >= 4 is 22.6 Å². The van der Waals surface area contributed by atoms with E-state index in [1.165, 1.54) is 32.1 Å². The van der Waals surface area contributed by atoms with Crippen LogP contribution in [0.25, 0.3) is 0 Å². The van der Waals surface area contributed by atoms with Gasteiger partial charge in [-0.2, -0.15) is 0 Å². The van der Waals surface area contributed by atoms with E-state index in [-0.39, 0.29) is 0 Å². The summed E-state index contributed by atoms with van der Waals surface area (Å²) in [6, 6.07) is 10.8. The Kier molecular flexibility index (Phi) is 4.92. The normalized spacial score (nSPS) is 18.1. The zero-order valence-corrected chi connectivity index (χ0v) is 11.2. The fourth-order valence-electron chi connectivity index (χ4n) is 2.16. The molecular formula is C14H20N2S. The van der Waals surface area contributed by atoms with Crippen LogP contribution in [0.1, 0.15) is 32.1 Å². The van der Waals surface area contributed by atoms with Crippen molar-refractivity contribution in [2.45, 2.75) is 38.1 Å². The van der Waals surface area contributed by atoms with Crippen molar-refractivity contribution < 1.29 is 0 Å². The molecule has 17 heavy (non-hydrogen) atoms. The molecule has 0 heterocycles. The Morgan fingerprint density at radius 1 is 1.18 bits per heavy atom. The fourth-order valence-corrected chi connectivity index (χ4v) is 2.63. The molecule has 1 saturated carbocycles. The SMILES string of the molecule is CSC(=NC1CCCCC1)Nc1ccccc1. The zero-order valence-electron chi connectivity index (χ0n) is 10.4. The maximum Gasteiger partial charge on any atom is 0.161 e. The number of anilines is 1. The Labute approximate surface area is 108 Å². The van der Waals surface area contributed by atoms with Gasteiger partial charge in [-0.1, -0.05) is 49.2 Å². The van der Waals surface area contributed by atoms with Gasteiger partial charge in [-0.25, -0.2) is 0 Å². The van der Waals surface area contributed by atoms with E-state index in [2.05, 4.69) is 23.7 Å². The lowest BCUT2D eigenvalue weighted by atomic mass is 9.96. The van der Waals surface area contributed by atoms with Crippen LogP contribution in [-0.4, -0.2) is 17.5 Å².